The monoisotopic (exact) mass is 273 g/mol. The average Bonchev–Trinajstić information content (AvgIpc) is 2.97. The second-order valence-electron chi connectivity index (χ2n) is 5.44. The fourth-order valence-electron chi connectivity index (χ4n) is 2.65. The predicted molar refractivity (Wildman–Crippen MR) is 79.7 cm³/mol. The van der Waals surface area contributed by atoms with Crippen LogP contribution in [0.5, 0.6) is 5.75 Å². The molecule has 1 unspecified atom stereocenters. The van der Waals surface area contributed by atoms with Crippen molar-refractivity contribution in [3.8, 4) is 11.8 Å². The molecule has 4 nitrogen and oxygen atoms in total. The van der Waals surface area contributed by atoms with E-state index in [1.165, 1.54) is 25.9 Å². The maximum Gasteiger partial charge on any atom is 0.136 e. The van der Waals surface area contributed by atoms with Gasteiger partial charge in [0.15, 0.2) is 0 Å². The summed E-state index contributed by atoms with van der Waals surface area (Å²) in [6, 6.07) is 8.34. The van der Waals surface area contributed by atoms with Crippen LogP contribution in [-0.4, -0.2) is 37.7 Å². The minimum atomic E-state index is 0.467. The maximum absolute atomic E-state index is 8.97. The van der Waals surface area contributed by atoms with Crippen molar-refractivity contribution in [1.82, 2.24) is 10.2 Å². The van der Waals surface area contributed by atoms with Gasteiger partial charge in [-0.05, 0) is 50.6 Å². The van der Waals surface area contributed by atoms with Gasteiger partial charge in [0.1, 0.15) is 11.8 Å². The zero-order valence-electron chi connectivity index (χ0n) is 12.4. The zero-order chi connectivity index (χ0) is 14.4. The van der Waals surface area contributed by atoms with Gasteiger partial charge in [-0.25, -0.2) is 0 Å². The molecule has 1 heterocycles. The summed E-state index contributed by atoms with van der Waals surface area (Å²) < 4.78 is 5.23. The van der Waals surface area contributed by atoms with Gasteiger partial charge in [0.05, 0.1) is 12.7 Å². The Bertz CT molecular complexity index is 475. The molecule has 20 heavy (non-hydrogen) atoms. The van der Waals surface area contributed by atoms with E-state index in [1.54, 1.807) is 7.11 Å². The van der Waals surface area contributed by atoms with E-state index in [1.807, 2.05) is 18.2 Å². The molecule has 1 atom stereocenters. The molecule has 1 aromatic rings. The van der Waals surface area contributed by atoms with Crippen molar-refractivity contribution in [3.63, 3.8) is 0 Å². The Kier molecular flexibility index (Phi) is 5.40. The molecule has 108 valence electrons. The second-order valence-corrected chi connectivity index (χ2v) is 5.44. The summed E-state index contributed by atoms with van der Waals surface area (Å²) in [5, 5.41) is 12.5. The summed E-state index contributed by atoms with van der Waals surface area (Å²) in [5.74, 6) is 0.652. The number of nitrogens with zero attached hydrogens (tertiary/aromatic N) is 2. The molecule has 0 aromatic heterocycles. The molecule has 1 aliphatic rings. The van der Waals surface area contributed by atoms with Gasteiger partial charge in [-0.15, -0.1) is 0 Å². The number of hydrogen-bond acceptors (Lipinski definition) is 4. The summed E-state index contributed by atoms with van der Waals surface area (Å²) in [6.07, 6.45) is 2.67. The molecule has 0 saturated carbocycles. The van der Waals surface area contributed by atoms with E-state index >= 15 is 0 Å². The summed E-state index contributed by atoms with van der Waals surface area (Å²) in [6.45, 7) is 6.59. The zero-order valence-corrected chi connectivity index (χ0v) is 12.4. The van der Waals surface area contributed by atoms with E-state index in [-0.39, 0.29) is 0 Å². The topological polar surface area (TPSA) is 48.3 Å². The third kappa shape index (κ3) is 3.96. The van der Waals surface area contributed by atoms with Crippen LogP contribution in [0.3, 0.4) is 0 Å². The summed E-state index contributed by atoms with van der Waals surface area (Å²) in [7, 11) is 1.60. The lowest BCUT2D eigenvalue weighted by Gasteiger charge is -2.21. The molecule has 0 radical (unpaired) electrons. The normalized spacial score (nSPS) is 16.9. The molecule has 2 rings (SSSR count). The molecule has 0 bridgehead atoms. The Balaban J connectivity index is 1.85. The highest BCUT2D eigenvalue weighted by Crippen LogP contribution is 2.19. The number of ether oxygens (including phenoxy) is 1. The van der Waals surface area contributed by atoms with E-state index in [9.17, 15) is 0 Å². The summed E-state index contributed by atoms with van der Waals surface area (Å²) >= 11 is 0. The fraction of sp³-hybridized carbons (Fsp3) is 0.562. The third-order valence-corrected chi connectivity index (χ3v) is 3.77. The quantitative estimate of drug-likeness (QED) is 0.862. The lowest BCUT2D eigenvalue weighted by atomic mass is 10.1. The van der Waals surface area contributed by atoms with E-state index in [2.05, 4.69) is 23.2 Å². The first-order valence-electron chi connectivity index (χ1n) is 7.25. The average molecular weight is 273 g/mol. The first-order valence-corrected chi connectivity index (χ1v) is 7.25. The van der Waals surface area contributed by atoms with Gasteiger partial charge < -0.3 is 15.0 Å². The van der Waals surface area contributed by atoms with Crippen LogP contribution in [0, 0.1) is 11.3 Å². The van der Waals surface area contributed by atoms with Gasteiger partial charge in [-0.2, -0.15) is 5.26 Å². The SMILES string of the molecule is COc1cc(CNC(C)CN2CCCC2)ccc1C#N. The second kappa shape index (κ2) is 7.28. The van der Waals surface area contributed by atoms with Crippen LogP contribution >= 0.6 is 0 Å². The number of rotatable bonds is 6. The Morgan fingerprint density at radius 3 is 2.80 bits per heavy atom. The number of hydrogen-bond donors (Lipinski definition) is 1. The first kappa shape index (κ1) is 14.8. The van der Waals surface area contributed by atoms with Gasteiger partial charge in [-0.1, -0.05) is 6.07 Å². The van der Waals surface area contributed by atoms with Crippen molar-refractivity contribution in [2.75, 3.05) is 26.7 Å². The molecule has 1 saturated heterocycles. The van der Waals surface area contributed by atoms with Gasteiger partial charge in [0.2, 0.25) is 0 Å². The number of likely N-dealkylation sites (tertiary alicyclic amines) is 1. The Labute approximate surface area is 121 Å². The molecule has 1 aliphatic heterocycles. The standard InChI is InChI=1S/C16H23N3O/c1-13(12-19-7-3-4-8-19)18-11-14-5-6-15(10-17)16(9-14)20-2/h5-6,9,13,18H,3-4,7-8,11-12H2,1-2H3. The van der Waals surface area contributed by atoms with Gasteiger partial charge >= 0.3 is 0 Å². The molecular weight excluding hydrogens is 250 g/mol. The molecule has 1 fully saturated rings. The molecule has 0 aliphatic carbocycles. The highest BCUT2D eigenvalue weighted by Gasteiger charge is 2.14. The van der Waals surface area contributed by atoms with Crippen molar-refractivity contribution < 1.29 is 4.74 Å². The third-order valence-electron chi connectivity index (χ3n) is 3.77. The van der Waals surface area contributed by atoms with Crippen molar-refractivity contribution in [2.45, 2.75) is 32.4 Å². The van der Waals surface area contributed by atoms with Gasteiger partial charge in [0.25, 0.3) is 0 Å². The highest BCUT2D eigenvalue weighted by molar-refractivity contribution is 5.45. The van der Waals surface area contributed by atoms with Crippen molar-refractivity contribution >= 4 is 0 Å². The maximum atomic E-state index is 8.97. The largest absolute Gasteiger partial charge is 0.495 e. The highest BCUT2D eigenvalue weighted by atomic mass is 16.5. The van der Waals surface area contributed by atoms with Crippen LogP contribution in [0.15, 0.2) is 18.2 Å². The lowest BCUT2D eigenvalue weighted by Crippen LogP contribution is -2.37. The summed E-state index contributed by atoms with van der Waals surface area (Å²) in [5.41, 5.74) is 1.73. The van der Waals surface area contributed by atoms with E-state index in [0.29, 0.717) is 17.4 Å². The minimum absolute atomic E-state index is 0.467. The van der Waals surface area contributed by atoms with Crippen molar-refractivity contribution in [1.29, 1.82) is 5.26 Å². The number of nitrogens with one attached hydrogen (secondary N) is 1. The van der Waals surface area contributed by atoms with Crippen LogP contribution in [0.2, 0.25) is 0 Å². The number of methoxy groups -OCH3 is 1. The van der Waals surface area contributed by atoms with E-state index in [4.69, 9.17) is 10.00 Å². The van der Waals surface area contributed by atoms with E-state index < -0.39 is 0 Å². The Morgan fingerprint density at radius 1 is 1.40 bits per heavy atom. The van der Waals surface area contributed by atoms with E-state index in [0.717, 1.165) is 18.7 Å². The van der Waals surface area contributed by atoms with Crippen LogP contribution in [0.4, 0.5) is 0 Å². The fourth-order valence-corrected chi connectivity index (χ4v) is 2.65. The molecular formula is C16H23N3O. The van der Waals surface area contributed by atoms with Crippen LogP contribution in [0.25, 0.3) is 0 Å². The Hall–Kier alpha value is -1.57. The lowest BCUT2D eigenvalue weighted by molar-refractivity contribution is 0.298. The molecule has 0 spiro atoms. The molecule has 1 aromatic carbocycles. The Morgan fingerprint density at radius 2 is 2.15 bits per heavy atom. The van der Waals surface area contributed by atoms with Crippen molar-refractivity contribution in [3.05, 3.63) is 29.3 Å². The molecule has 1 N–H and O–H groups in total. The molecule has 4 heteroatoms. The van der Waals surface area contributed by atoms with Crippen molar-refractivity contribution in [2.24, 2.45) is 0 Å². The van der Waals surface area contributed by atoms with Crippen LogP contribution in [-0.2, 0) is 6.54 Å². The summed E-state index contributed by atoms with van der Waals surface area (Å²) in [4.78, 5) is 2.51. The number of benzene rings is 1. The minimum Gasteiger partial charge on any atom is -0.495 e. The molecule has 0 amide bonds. The van der Waals surface area contributed by atoms with Gasteiger partial charge in [0, 0.05) is 19.1 Å². The smallest absolute Gasteiger partial charge is 0.136 e. The van der Waals surface area contributed by atoms with Gasteiger partial charge in [-0.3, -0.25) is 0 Å². The first-order chi connectivity index (χ1) is 9.72. The van der Waals surface area contributed by atoms with Crippen LogP contribution in [0.1, 0.15) is 30.9 Å². The van der Waals surface area contributed by atoms with Crippen LogP contribution < -0.4 is 10.1 Å². The predicted octanol–water partition coefficient (Wildman–Crippen LogP) is 2.14. The number of nitriles is 1.